The average molecular weight is 490 g/mol. The second-order valence-electron chi connectivity index (χ2n) is 7.36. The first-order chi connectivity index (χ1) is 15.3. The van der Waals surface area contributed by atoms with Crippen LogP contribution in [0.25, 0.3) is 32.5 Å². The highest BCUT2D eigenvalue weighted by Crippen LogP contribution is 2.38. The standard InChI is InChI=1S/C23H23NO5S3/c1-15-13-16(5-7-18(15)28-2)6-8-21-24(10-4-12-32(25,26)27)22-20(31-21)14-19(29-3)17-9-11-30-23(17)22/h5-9,11,13-14H,4,10,12H2,1-3H3/b8-6+. The molecule has 0 atom stereocenters. The lowest BCUT2D eigenvalue weighted by Gasteiger charge is -2.05. The first-order valence-electron chi connectivity index (χ1n) is 9.97. The van der Waals surface area contributed by atoms with Gasteiger partial charge in [0.1, 0.15) is 20.9 Å². The van der Waals surface area contributed by atoms with Gasteiger partial charge >= 0.3 is 0 Å². The number of hydrogen-bond donors (Lipinski definition) is 0. The number of aromatic nitrogens is 1. The van der Waals surface area contributed by atoms with E-state index in [1.807, 2.05) is 48.7 Å². The Morgan fingerprint density at radius 1 is 1.09 bits per heavy atom. The van der Waals surface area contributed by atoms with Gasteiger partial charge in [-0.15, -0.1) is 11.3 Å². The van der Waals surface area contributed by atoms with Crippen molar-refractivity contribution in [3.8, 4) is 11.5 Å². The lowest BCUT2D eigenvalue weighted by Crippen LogP contribution is -2.36. The van der Waals surface area contributed by atoms with E-state index in [2.05, 4.69) is 10.6 Å². The van der Waals surface area contributed by atoms with Crippen LogP contribution in [0.3, 0.4) is 0 Å². The molecule has 0 bridgehead atoms. The fourth-order valence-electron chi connectivity index (χ4n) is 3.76. The molecule has 0 fully saturated rings. The van der Waals surface area contributed by atoms with Crippen LogP contribution < -0.4 is 14.0 Å². The van der Waals surface area contributed by atoms with Gasteiger partial charge in [0.05, 0.1) is 24.3 Å². The van der Waals surface area contributed by atoms with E-state index in [4.69, 9.17) is 9.47 Å². The van der Waals surface area contributed by atoms with Crippen LogP contribution in [0.15, 0.2) is 35.7 Å². The Balaban J connectivity index is 1.81. The highest BCUT2D eigenvalue weighted by atomic mass is 32.2. The summed E-state index contributed by atoms with van der Waals surface area (Å²) in [6.45, 7) is 2.43. The van der Waals surface area contributed by atoms with Gasteiger partial charge in [-0.3, -0.25) is 0 Å². The SMILES string of the molecule is COc1ccc(/C=C/c2sc3cc(OC)c4ccsc4c3[n+]2CCCS(=O)(=O)[O-])cc1C. The molecule has 0 amide bonds. The zero-order valence-electron chi connectivity index (χ0n) is 18.0. The molecule has 0 aliphatic heterocycles. The van der Waals surface area contributed by atoms with Gasteiger partial charge in [-0.25, -0.2) is 8.42 Å². The topological polar surface area (TPSA) is 79.5 Å². The first kappa shape index (κ1) is 22.7. The second kappa shape index (κ2) is 9.19. The van der Waals surface area contributed by atoms with Gasteiger partial charge in [0, 0.05) is 29.7 Å². The monoisotopic (exact) mass is 489 g/mol. The van der Waals surface area contributed by atoms with Crippen molar-refractivity contribution >= 4 is 65.2 Å². The zero-order chi connectivity index (χ0) is 22.9. The van der Waals surface area contributed by atoms with Crippen LogP contribution in [0, 0.1) is 6.92 Å². The fourth-order valence-corrected chi connectivity index (χ4v) is 6.41. The molecule has 4 rings (SSSR count). The largest absolute Gasteiger partial charge is 0.748 e. The van der Waals surface area contributed by atoms with E-state index >= 15 is 0 Å². The van der Waals surface area contributed by atoms with Crippen LogP contribution in [-0.4, -0.2) is 32.9 Å². The molecule has 0 saturated heterocycles. The molecule has 4 aromatic rings. The Kier molecular flexibility index (Phi) is 6.52. The van der Waals surface area contributed by atoms with Gasteiger partial charge < -0.3 is 14.0 Å². The molecule has 2 aromatic heterocycles. The van der Waals surface area contributed by atoms with Crippen molar-refractivity contribution in [3.05, 3.63) is 51.8 Å². The van der Waals surface area contributed by atoms with Crippen LogP contribution in [0.1, 0.15) is 22.6 Å². The lowest BCUT2D eigenvalue weighted by atomic mass is 10.1. The number of aryl methyl sites for hydroxylation is 2. The summed E-state index contributed by atoms with van der Waals surface area (Å²) in [5.74, 6) is 1.26. The molecule has 0 N–H and O–H groups in total. The van der Waals surface area contributed by atoms with Crippen LogP contribution >= 0.6 is 22.7 Å². The van der Waals surface area contributed by atoms with Crippen molar-refractivity contribution in [3.63, 3.8) is 0 Å². The summed E-state index contributed by atoms with van der Waals surface area (Å²) >= 11 is 3.23. The number of ether oxygens (including phenoxy) is 2. The fraction of sp³-hybridized carbons (Fsp3) is 0.261. The van der Waals surface area contributed by atoms with Gasteiger partial charge in [-0.1, -0.05) is 17.4 Å². The van der Waals surface area contributed by atoms with Crippen LogP contribution in [0.4, 0.5) is 0 Å². The van der Waals surface area contributed by atoms with Crippen molar-refractivity contribution in [2.45, 2.75) is 19.9 Å². The summed E-state index contributed by atoms with van der Waals surface area (Å²) in [5.41, 5.74) is 3.12. The van der Waals surface area contributed by atoms with Gasteiger partial charge in [0.25, 0.3) is 5.01 Å². The van der Waals surface area contributed by atoms with E-state index in [0.29, 0.717) is 6.54 Å². The Hall–Kier alpha value is -2.46. The van der Waals surface area contributed by atoms with E-state index in [0.717, 1.165) is 47.9 Å². The van der Waals surface area contributed by atoms with Crippen molar-refractivity contribution in [1.82, 2.24) is 0 Å². The molecule has 2 aromatic carbocycles. The number of thiazole rings is 1. The third-order valence-electron chi connectivity index (χ3n) is 5.23. The molecule has 168 valence electrons. The minimum Gasteiger partial charge on any atom is -0.748 e. The van der Waals surface area contributed by atoms with Gasteiger partial charge in [0.2, 0.25) is 5.52 Å². The van der Waals surface area contributed by atoms with Crippen LogP contribution in [0.5, 0.6) is 11.5 Å². The van der Waals surface area contributed by atoms with Gasteiger partial charge in [0.15, 0.2) is 6.54 Å². The molecule has 2 heterocycles. The van der Waals surface area contributed by atoms with Gasteiger partial charge in [-0.2, -0.15) is 4.57 Å². The first-order valence-corrected chi connectivity index (χ1v) is 13.2. The third kappa shape index (κ3) is 4.66. The highest BCUT2D eigenvalue weighted by molar-refractivity contribution is 7.85. The molecule has 0 aliphatic carbocycles. The number of methoxy groups -OCH3 is 2. The maximum Gasteiger partial charge on any atom is 0.262 e. The molecule has 0 radical (unpaired) electrons. The lowest BCUT2D eigenvalue weighted by molar-refractivity contribution is -0.667. The number of thiophene rings is 1. The van der Waals surface area contributed by atoms with Crippen LogP contribution in [-0.2, 0) is 16.7 Å². The summed E-state index contributed by atoms with van der Waals surface area (Å²) in [6, 6.07) is 10.0. The number of fused-ring (bicyclic) bond motifs is 3. The smallest absolute Gasteiger partial charge is 0.262 e. The third-order valence-corrected chi connectivity index (χ3v) is 8.03. The quantitative estimate of drug-likeness (QED) is 0.262. The number of benzene rings is 2. The summed E-state index contributed by atoms with van der Waals surface area (Å²) in [4.78, 5) is 0. The number of nitrogens with zero attached hydrogens (tertiary/aromatic N) is 1. The van der Waals surface area contributed by atoms with E-state index in [-0.39, 0.29) is 12.2 Å². The Labute approximate surface area is 195 Å². The van der Waals surface area contributed by atoms with Gasteiger partial charge in [-0.05, 0) is 47.7 Å². The summed E-state index contributed by atoms with van der Waals surface area (Å²) in [6.07, 6.45) is 4.31. The highest BCUT2D eigenvalue weighted by Gasteiger charge is 2.24. The predicted octanol–water partition coefficient (Wildman–Crippen LogP) is 4.83. The molecule has 0 aliphatic rings. The minimum absolute atomic E-state index is 0.254. The number of rotatable bonds is 8. The molecule has 9 heteroatoms. The Bertz CT molecular complexity index is 1420. The summed E-state index contributed by atoms with van der Waals surface area (Å²) in [7, 11) is -0.949. The zero-order valence-corrected chi connectivity index (χ0v) is 20.4. The predicted molar refractivity (Wildman–Crippen MR) is 130 cm³/mol. The summed E-state index contributed by atoms with van der Waals surface area (Å²) < 4.78 is 48.6. The molecule has 0 saturated carbocycles. The van der Waals surface area contributed by atoms with E-state index in [1.165, 1.54) is 0 Å². The van der Waals surface area contributed by atoms with Crippen molar-refractivity contribution in [2.75, 3.05) is 20.0 Å². The summed E-state index contributed by atoms with van der Waals surface area (Å²) in [5, 5.41) is 4.01. The maximum atomic E-state index is 11.2. The molecule has 0 unspecified atom stereocenters. The average Bonchev–Trinajstić information content (AvgIpc) is 3.35. The maximum absolute atomic E-state index is 11.2. The normalized spacial score (nSPS) is 12.2. The number of hydrogen-bond acceptors (Lipinski definition) is 7. The van der Waals surface area contributed by atoms with Crippen molar-refractivity contribution in [2.24, 2.45) is 0 Å². The molecule has 0 spiro atoms. The van der Waals surface area contributed by atoms with E-state index in [9.17, 15) is 13.0 Å². The van der Waals surface area contributed by atoms with Crippen molar-refractivity contribution in [1.29, 1.82) is 0 Å². The molecular formula is C23H23NO5S3. The van der Waals surface area contributed by atoms with E-state index in [1.54, 1.807) is 36.9 Å². The van der Waals surface area contributed by atoms with E-state index < -0.39 is 10.1 Å². The molecule has 32 heavy (non-hydrogen) atoms. The Morgan fingerprint density at radius 3 is 2.56 bits per heavy atom. The van der Waals surface area contributed by atoms with Crippen molar-refractivity contribution < 1.29 is 27.0 Å². The second-order valence-corrected chi connectivity index (χ2v) is 10.9. The molecular weight excluding hydrogens is 466 g/mol. The van der Waals surface area contributed by atoms with Crippen LogP contribution in [0.2, 0.25) is 0 Å². The minimum atomic E-state index is -4.26. The Morgan fingerprint density at radius 2 is 1.88 bits per heavy atom. The molecule has 6 nitrogen and oxygen atoms in total.